The van der Waals surface area contributed by atoms with Crippen LogP contribution >= 0.6 is 11.3 Å². The predicted molar refractivity (Wildman–Crippen MR) is 75.5 cm³/mol. The van der Waals surface area contributed by atoms with E-state index in [0.717, 1.165) is 12.8 Å². The standard InChI is InChI=1S/C13H20N2O3S/c1-3-10(2)15(9-12(16)17)13(18)14-7-6-11-5-4-8-19-11/h4-5,8,10H,3,6-7,9H2,1-2H3,(H,14,18)(H,16,17). The molecule has 0 saturated carbocycles. The van der Waals surface area contributed by atoms with Gasteiger partial charge in [-0.2, -0.15) is 0 Å². The number of rotatable bonds is 7. The molecule has 6 heteroatoms. The van der Waals surface area contributed by atoms with Gasteiger partial charge in [-0.3, -0.25) is 4.79 Å². The highest BCUT2D eigenvalue weighted by Gasteiger charge is 2.20. The van der Waals surface area contributed by atoms with Gasteiger partial charge in [0.05, 0.1) is 0 Å². The van der Waals surface area contributed by atoms with E-state index in [1.165, 1.54) is 9.78 Å². The van der Waals surface area contributed by atoms with Gasteiger partial charge in [-0.15, -0.1) is 11.3 Å². The Morgan fingerprint density at radius 1 is 1.53 bits per heavy atom. The van der Waals surface area contributed by atoms with Crippen molar-refractivity contribution < 1.29 is 14.7 Å². The maximum Gasteiger partial charge on any atom is 0.323 e. The van der Waals surface area contributed by atoms with Crippen LogP contribution in [0.4, 0.5) is 4.79 Å². The SMILES string of the molecule is CCC(C)N(CC(=O)O)C(=O)NCCc1cccs1. The zero-order valence-corrected chi connectivity index (χ0v) is 12.1. The van der Waals surface area contributed by atoms with Crippen LogP contribution in [0.5, 0.6) is 0 Å². The summed E-state index contributed by atoms with van der Waals surface area (Å²) in [6, 6.07) is 3.59. The number of hydrogen-bond donors (Lipinski definition) is 2. The fourth-order valence-electron chi connectivity index (χ4n) is 1.64. The first kappa shape index (κ1) is 15.5. The number of nitrogens with one attached hydrogen (secondary N) is 1. The van der Waals surface area contributed by atoms with Gasteiger partial charge < -0.3 is 15.3 Å². The third kappa shape index (κ3) is 5.30. The van der Waals surface area contributed by atoms with E-state index < -0.39 is 5.97 Å². The molecule has 1 unspecified atom stereocenters. The molecule has 0 bridgehead atoms. The van der Waals surface area contributed by atoms with Gasteiger partial charge in [0.25, 0.3) is 0 Å². The number of carbonyl (C=O) groups excluding carboxylic acids is 1. The highest BCUT2D eigenvalue weighted by atomic mass is 32.1. The molecule has 2 amide bonds. The fourth-order valence-corrected chi connectivity index (χ4v) is 2.35. The Labute approximate surface area is 117 Å². The zero-order chi connectivity index (χ0) is 14.3. The summed E-state index contributed by atoms with van der Waals surface area (Å²) in [5.74, 6) is -0.992. The Balaban J connectivity index is 2.44. The lowest BCUT2D eigenvalue weighted by molar-refractivity contribution is -0.138. The second-order valence-electron chi connectivity index (χ2n) is 4.34. The molecule has 0 aliphatic carbocycles. The molecular weight excluding hydrogens is 264 g/mol. The van der Waals surface area contributed by atoms with Crippen LogP contribution < -0.4 is 5.32 Å². The third-order valence-electron chi connectivity index (χ3n) is 2.92. The molecule has 1 aromatic heterocycles. The van der Waals surface area contributed by atoms with Crippen molar-refractivity contribution in [3.63, 3.8) is 0 Å². The van der Waals surface area contributed by atoms with Gasteiger partial charge in [0, 0.05) is 17.5 Å². The third-order valence-corrected chi connectivity index (χ3v) is 3.85. The number of carbonyl (C=O) groups is 2. The highest BCUT2D eigenvalue weighted by Crippen LogP contribution is 2.08. The molecule has 0 saturated heterocycles. The van der Waals surface area contributed by atoms with Crippen molar-refractivity contribution in [1.29, 1.82) is 0 Å². The smallest absolute Gasteiger partial charge is 0.323 e. The monoisotopic (exact) mass is 284 g/mol. The zero-order valence-electron chi connectivity index (χ0n) is 11.3. The Morgan fingerprint density at radius 3 is 2.79 bits per heavy atom. The van der Waals surface area contributed by atoms with E-state index in [1.54, 1.807) is 11.3 Å². The highest BCUT2D eigenvalue weighted by molar-refractivity contribution is 7.09. The first-order valence-electron chi connectivity index (χ1n) is 6.33. The van der Waals surface area contributed by atoms with E-state index in [0.29, 0.717) is 6.54 Å². The van der Waals surface area contributed by atoms with E-state index >= 15 is 0 Å². The molecule has 0 radical (unpaired) electrons. The second kappa shape index (κ2) is 7.78. The van der Waals surface area contributed by atoms with Crippen molar-refractivity contribution in [3.05, 3.63) is 22.4 Å². The average molecular weight is 284 g/mol. The van der Waals surface area contributed by atoms with Crippen LogP contribution in [0, 0.1) is 0 Å². The summed E-state index contributed by atoms with van der Waals surface area (Å²) in [4.78, 5) is 25.3. The van der Waals surface area contributed by atoms with Crippen LogP contribution in [0.25, 0.3) is 0 Å². The van der Waals surface area contributed by atoms with Crippen LogP contribution in [0.1, 0.15) is 25.1 Å². The van der Waals surface area contributed by atoms with E-state index in [1.807, 2.05) is 31.4 Å². The van der Waals surface area contributed by atoms with Gasteiger partial charge in [-0.1, -0.05) is 13.0 Å². The van der Waals surface area contributed by atoms with Gasteiger partial charge in [0.2, 0.25) is 0 Å². The molecule has 0 fully saturated rings. The summed E-state index contributed by atoms with van der Waals surface area (Å²) >= 11 is 1.65. The normalized spacial score (nSPS) is 11.9. The van der Waals surface area contributed by atoms with Gasteiger partial charge in [0.1, 0.15) is 6.54 Å². The fraction of sp³-hybridized carbons (Fsp3) is 0.538. The molecular formula is C13H20N2O3S. The van der Waals surface area contributed by atoms with E-state index in [2.05, 4.69) is 5.32 Å². The van der Waals surface area contributed by atoms with Crippen LogP contribution in [-0.2, 0) is 11.2 Å². The lowest BCUT2D eigenvalue weighted by Gasteiger charge is -2.27. The lowest BCUT2D eigenvalue weighted by atomic mass is 10.2. The van der Waals surface area contributed by atoms with Gasteiger partial charge in [-0.05, 0) is 31.2 Å². The van der Waals surface area contributed by atoms with Crippen molar-refractivity contribution in [2.45, 2.75) is 32.7 Å². The molecule has 0 aliphatic rings. The largest absolute Gasteiger partial charge is 0.480 e. The Morgan fingerprint density at radius 2 is 2.26 bits per heavy atom. The molecule has 1 heterocycles. The molecule has 106 valence electrons. The number of amides is 2. The van der Waals surface area contributed by atoms with E-state index in [9.17, 15) is 9.59 Å². The Hall–Kier alpha value is -1.56. The number of urea groups is 1. The average Bonchev–Trinajstić information content (AvgIpc) is 2.87. The number of nitrogens with zero attached hydrogens (tertiary/aromatic N) is 1. The van der Waals surface area contributed by atoms with E-state index in [4.69, 9.17) is 5.11 Å². The van der Waals surface area contributed by atoms with Crippen molar-refractivity contribution in [2.24, 2.45) is 0 Å². The van der Waals surface area contributed by atoms with Crippen LogP contribution in [0.2, 0.25) is 0 Å². The first-order valence-corrected chi connectivity index (χ1v) is 7.21. The summed E-state index contributed by atoms with van der Waals surface area (Å²) < 4.78 is 0. The lowest BCUT2D eigenvalue weighted by Crippen LogP contribution is -2.47. The summed E-state index contributed by atoms with van der Waals surface area (Å²) in [5.41, 5.74) is 0. The van der Waals surface area contributed by atoms with Crippen LogP contribution in [-0.4, -0.2) is 41.1 Å². The molecule has 1 rings (SSSR count). The molecule has 19 heavy (non-hydrogen) atoms. The number of aliphatic carboxylic acids is 1. The van der Waals surface area contributed by atoms with Crippen molar-refractivity contribution in [2.75, 3.05) is 13.1 Å². The molecule has 1 atom stereocenters. The molecule has 0 aliphatic heterocycles. The minimum atomic E-state index is -0.992. The summed E-state index contributed by atoms with van der Waals surface area (Å²) in [5, 5.41) is 13.6. The number of hydrogen-bond acceptors (Lipinski definition) is 3. The van der Waals surface area contributed by atoms with Gasteiger partial charge in [-0.25, -0.2) is 4.79 Å². The Kier molecular flexibility index (Phi) is 6.35. The quantitative estimate of drug-likeness (QED) is 0.806. The van der Waals surface area contributed by atoms with E-state index in [-0.39, 0.29) is 18.6 Å². The molecule has 0 spiro atoms. The van der Waals surface area contributed by atoms with Crippen molar-refractivity contribution >= 4 is 23.3 Å². The molecule has 5 nitrogen and oxygen atoms in total. The maximum atomic E-state index is 12.0. The molecule has 1 aromatic rings. The minimum Gasteiger partial charge on any atom is -0.480 e. The molecule has 0 aromatic carbocycles. The summed E-state index contributed by atoms with van der Waals surface area (Å²) in [6.07, 6.45) is 1.50. The second-order valence-corrected chi connectivity index (χ2v) is 5.37. The number of thiophene rings is 1. The first-order chi connectivity index (χ1) is 9.04. The summed E-state index contributed by atoms with van der Waals surface area (Å²) in [7, 11) is 0. The maximum absolute atomic E-state index is 12.0. The van der Waals surface area contributed by atoms with Crippen molar-refractivity contribution in [3.8, 4) is 0 Å². The number of carboxylic acids is 1. The summed E-state index contributed by atoms with van der Waals surface area (Å²) in [6.45, 7) is 4.03. The topological polar surface area (TPSA) is 69.6 Å². The molecule has 2 N–H and O–H groups in total. The minimum absolute atomic E-state index is 0.0853. The Bertz CT molecular complexity index is 406. The predicted octanol–water partition coefficient (Wildman–Crippen LogP) is 2.19. The van der Waals surface area contributed by atoms with Gasteiger partial charge in [0.15, 0.2) is 0 Å². The number of carboxylic acid groups (broad SMARTS) is 1. The van der Waals surface area contributed by atoms with Crippen LogP contribution in [0.15, 0.2) is 17.5 Å². The van der Waals surface area contributed by atoms with Gasteiger partial charge >= 0.3 is 12.0 Å². The van der Waals surface area contributed by atoms with Crippen LogP contribution in [0.3, 0.4) is 0 Å². The van der Waals surface area contributed by atoms with Crippen molar-refractivity contribution in [1.82, 2.24) is 10.2 Å².